The van der Waals surface area contributed by atoms with E-state index in [9.17, 15) is 4.79 Å². The van der Waals surface area contributed by atoms with Crippen LogP contribution in [0.1, 0.15) is 37.7 Å². The topological polar surface area (TPSA) is 37.3 Å². The SMILES string of the molecule is CCCCC(C(=O)O)c1ccc(Cl)cc1. The van der Waals surface area contributed by atoms with E-state index in [0.29, 0.717) is 11.4 Å². The normalized spacial score (nSPS) is 12.4. The highest BCUT2D eigenvalue weighted by atomic mass is 35.5. The Balaban J connectivity index is 2.79. The van der Waals surface area contributed by atoms with E-state index in [2.05, 4.69) is 6.92 Å². The van der Waals surface area contributed by atoms with Crippen LogP contribution in [0.2, 0.25) is 5.02 Å². The Hall–Kier alpha value is -1.02. The molecule has 3 heteroatoms. The van der Waals surface area contributed by atoms with Crippen molar-refractivity contribution in [2.45, 2.75) is 32.1 Å². The Bertz CT molecular complexity index is 319. The van der Waals surface area contributed by atoms with E-state index < -0.39 is 11.9 Å². The maximum Gasteiger partial charge on any atom is 0.310 e. The molecule has 1 aromatic carbocycles. The maximum absolute atomic E-state index is 11.1. The zero-order valence-corrected chi connectivity index (χ0v) is 9.50. The Morgan fingerprint density at radius 3 is 2.47 bits per heavy atom. The van der Waals surface area contributed by atoms with Crippen LogP contribution < -0.4 is 0 Å². The summed E-state index contributed by atoms with van der Waals surface area (Å²) < 4.78 is 0. The molecule has 1 aromatic rings. The van der Waals surface area contributed by atoms with Gasteiger partial charge in [0.05, 0.1) is 5.92 Å². The molecule has 0 heterocycles. The van der Waals surface area contributed by atoms with Crippen LogP contribution in [0.15, 0.2) is 24.3 Å². The fourth-order valence-electron chi connectivity index (χ4n) is 1.54. The van der Waals surface area contributed by atoms with Crippen molar-refractivity contribution < 1.29 is 9.90 Å². The summed E-state index contributed by atoms with van der Waals surface area (Å²) in [6.45, 7) is 2.06. The fourth-order valence-corrected chi connectivity index (χ4v) is 1.66. The van der Waals surface area contributed by atoms with Gasteiger partial charge in [0, 0.05) is 5.02 Å². The second-order valence-corrected chi connectivity index (χ2v) is 4.02. The Morgan fingerprint density at radius 1 is 1.40 bits per heavy atom. The monoisotopic (exact) mass is 226 g/mol. The van der Waals surface area contributed by atoms with Crippen LogP contribution in [0.5, 0.6) is 0 Å². The molecule has 0 aliphatic heterocycles. The summed E-state index contributed by atoms with van der Waals surface area (Å²) in [5, 5.41) is 9.73. The van der Waals surface area contributed by atoms with Crippen LogP contribution in [0.4, 0.5) is 0 Å². The van der Waals surface area contributed by atoms with Gasteiger partial charge in [-0.1, -0.05) is 43.5 Å². The lowest BCUT2D eigenvalue weighted by Gasteiger charge is -2.11. The van der Waals surface area contributed by atoms with Gasteiger partial charge in [-0.05, 0) is 24.1 Å². The first-order chi connectivity index (χ1) is 7.15. The van der Waals surface area contributed by atoms with Crippen molar-refractivity contribution in [3.63, 3.8) is 0 Å². The number of carboxylic acids is 1. The van der Waals surface area contributed by atoms with Crippen molar-refractivity contribution >= 4 is 17.6 Å². The highest BCUT2D eigenvalue weighted by Crippen LogP contribution is 2.23. The van der Waals surface area contributed by atoms with Gasteiger partial charge in [-0.2, -0.15) is 0 Å². The summed E-state index contributed by atoms with van der Waals surface area (Å²) in [6.07, 6.45) is 2.63. The smallest absolute Gasteiger partial charge is 0.310 e. The largest absolute Gasteiger partial charge is 0.481 e. The van der Waals surface area contributed by atoms with Gasteiger partial charge in [0.2, 0.25) is 0 Å². The molecule has 0 bridgehead atoms. The number of rotatable bonds is 5. The first kappa shape index (κ1) is 12.1. The van der Waals surface area contributed by atoms with Crippen molar-refractivity contribution in [3.8, 4) is 0 Å². The molecule has 1 atom stereocenters. The Labute approximate surface area is 94.9 Å². The minimum absolute atomic E-state index is 0.401. The molecule has 0 fully saturated rings. The number of benzene rings is 1. The molecule has 0 radical (unpaired) electrons. The Kier molecular flexibility index (Phi) is 4.63. The average molecular weight is 227 g/mol. The zero-order valence-electron chi connectivity index (χ0n) is 8.74. The quantitative estimate of drug-likeness (QED) is 0.831. The first-order valence-electron chi connectivity index (χ1n) is 5.13. The minimum atomic E-state index is -0.759. The third-order valence-corrected chi connectivity index (χ3v) is 2.67. The molecular formula is C12H15ClO2. The molecule has 2 nitrogen and oxygen atoms in total. The molecule has 1 rings (SSSR count). The third-order valence-electron chi connectivity index (χ3n) is 2.42. The predicted octanol–water partition coefficient (Wildman–Crippen LogP) is 3.70. The summed E-state index contributed by atoms with van der Waals surface area (Å²) in [7, 11) is 0. The number of aliphatic carboxylic acids is 1. The Morgan fingerprint density at radius 2 is 2.00 bits per heavy atom. The average Bonchev–Trinajstić information content (AvgIpc) is 2.21. The summed E-state index contributed by atoms with van der Waals surface area (Å²) in [5.41, 5.74) is 0.834. The van der Waals surface area contributed by atoms with Gasteiger partial charge in [-0.15, -0.1) is 0 Å². The second-order valence-electron chi connectivity index (χ2n) is 3.58. The molecule has 0 spiro atoms. The van der Waals surface area contributed by atoms with Crippen LogP contribution in [0.3, 0.4) is 0 Å². The number of unbranched alkanes of at least 4 members (excludes halogenated alkanes) is 1. The van der Waals surface area contributed by atoms with Gasteiger partial charge >= 0.3 is 5.97 Å². The molecule has 0 amide bonds. The lowest BCUT2D eigenvalue weighted by atomic mass is 9.94. The minimum Gasteiger partial charge on any atom is -0.481 e. The van der Waals surface area contributed by atoms with Crippen molar-refractivity contribution in [1.29, 1.82) is 0 Å². The van der Waals surface area contributed by atoms with E-state index in [0.717, 1.165) is 18.4 Å². The van der Waals surface area contributed by atoms with Crippen molar-refractivity contribution in [2.24, 2.45) is 0 Å². The maximum atomic E-state index is 11.1. The lowest BCUT2D eigenvalue weighted by Crippen LogP contribution is -2.11. The second kappa shape index (κ2) is 5.76. The number of carbonyl (C=O) groups is 1. The van der Waals surface area contributed by atoms with E-state index in [1.807, 2.05) is 0 Å². The summed E-state index contributed by atoms with van der Waals surface area (Å²) in [4.78, 5) is 11.1. The molecule has 1 unspecified atom stereocenters. The van der Waals surface area contributed by atoms with E-state index in [1.165, 1.54) is 0 Å². The van der Waals surface area contributed by atoms with Crippen LogP contribution in [0.25, 0.3) is 0 Å². The molecule has 0 aliphatic rings. The van der Waals surface area contributed by atoms with E-state index in [1.54, 1.807) is 24.3 Å². The van der Waals surface area contributed by atoms with Gasteiger partial charge in [-0.25, -0.2) is 0 Å². The van der Waals surface area contributed by atoms with Crippen LogP contribution in [0, 0.1) is 0 Å². The fraction of sp³-hybridized carbons (Fsp3) is 0.417. The predicted molar refractivity (Wildman–Crippen MR) is 61.4 cm³/mol. The number of hydrogen-bond donors (Lipinski definition) is 1. The van der Waals surface area contributed by atoms with Crippen LogP contribution in [-0.4, -0.2) is 11.1 Å². The van der Waals surface area contributed by atoms with Crippen molar-refractivity contribution in [1.82, 2.24) is 0 Å². The van der Waals surface area contributed by atoms with E-state index in [-0.39, 0.29) is 0 Å². The number of carboxylic acid groups (broad SMARTS) is 1. The number of hydrogen-bond acceptors (Lipinski definition) is 1. The van der Waals surface area contributed by atoms with Gasteiger partial charge in [0.25, 0.3) is 0 Å². The van der Waals surface area contributed by atoms with E-state index in [4.69, 9.17) is 16.7 Å². The molecule has 0 aliphatic carbocycles. The summed E-state index contributed by atoms with van der Waals surface area (Å²) in [5.74, 6) is -1.16. The first-order valence-corrected chi connectivity index (χ1v) is 5.51. The van der Waals surface area contributed by atoms with Crippen LogP contribution in [-0.2, 0) is 4.79 Å². The molecule has 15 heavy (non-hydrogen) atoms. The molecule has 0 saturated heterocycles. The lowest BCUT2D eigenvalue weighted by molar-refractivity contribution is -0.139. The highest BCUT2D eigenvalue weighted by molar-refractivity contribution is 6.30. The molecule has 1 N–H and O–H groups in total. The van der Waals surface area contributed by atoms with Gasteiger partial charge in [0.15, 0.2) is 0 Å². The third kappa shape index (κ3) is 3.56. The van der Waals surface area contributed by atoms with E-state index >= 15 is 0 Å². The summed E-state index contributed by atoms with van der Waals surface area (Å²) >= 11 is 5.75. The molecule has 82 valence electrons. The van der Waals surface area contributed by atoms with Gasteiger partial charge in [-0.3, -0.25) is 4.79 Å². The standard InChI is InChI=1S/C12H15ClO2/c1-2-3-4-11(12(14)15)9-5-7-10(13)8-6-9/h5-8,11H,2-4H2,1H3,(H,14,15). The zero-order chi connectivity index (χ0) is 11.3. The van der Waals surface area contributed by atoms with Crippen molar-refractivity contribution in [3.05, 3.63) is 34.9 Å². The molecule has 0 saturated carbocycles. The van der Waals surface area contributed by atoms with Crippen molar-refractivity contribution in [2.75, 3.05) is 0 Å². The van der Waals surface area contributed by atoms with Gasteiger partial charge in [0.1, 0.15) is 0 Å². The molecular weight excluding hydrogens is 212 g/mol. The van der Waals surface area contributed by atoms with Crippen LogP contribution >= 0.6 is 11.6 Å². The number of halogens is 1. The highest BCUT2D eigenvalue weighted by Gasteiger charge is 2.18. The summed E-state index contributed by atoms with van der Waals surface area (Å²) in [6, 6.07) is 7.05. The molecule has 0 aromatic heterocycles. The van der Waals surface area contributed by atoms with Gasteiger partial charge < -0.3 is 5.11 Å².